The molecule has 6 heteroatoms. The molecule has 23 heavy (non-hydrogen) atoms. The summed E-state index contributed by atoms with van der Waals surface area (Å²) in [5.74, 6) is 1.40. The molecule has 0 bridgehead atoms. The average Bonchev–Trinajstić information content (AvgIpc) is 2.57. The Morgan fingerprint density at radius 2 is 1.83 bits per heavy atom. The number of anilines is 1. The Morgan fingerprint density at radius 1 is 1.09 bits per heavy atom. The molecule has 0 amide bonds. The summed E-state index contributed by atoms with van der Waals surface area (Å²) in [5, 5.41) is 7.59. The van der Waals surface area contributed by atoms with Gasteiger partial charge in [-0.15, -0.1) is 0 Å². The average molecular weight is 329 g/mol. The lowest BCUT2D eigenvalue weighted by Crippen LogP contribution is -2.23. The Labute approximate surface area is 141 Å². The number of nitrogens with zero attached hydrogens (tertiary/aromatic N) is 1. The zero-order valence-corrected chi connectivity index (χ0v) is 14.1. The number of ether oxygens (including phenoxy) is 2. The van der Waals surface area contributed by atoms with E-state index in [1.165, 1.54) is 5.56 Å². The third kappa shape index (κ3) is 4.96. The van der Waals surface area contributed by atoms with Crippen LogP contribution in [0.3, 0.4) is 0 Å². The Hall–Kier alpha value is -2.60. The fourth-order valence-electron chi connectivity index (χ4n) is 1.88. The minimum atomic E-state index is 0.414. The summed E-state index contributed by atoms with van der Waals surface area (Å²) in [5.41, 5.74) is 5.70. The predicted molar refractivity (Wildman–Crippen MR) is 97.7 cm³/mol. The maximum atomic E-state index is 5.30. The number of hydrogen-bond donors (Lipinski definition) is 2. The van der Waals surface area contributed by atoms with Crippen LogP contribution in [-0.2, 0) is 0 Å². The fraction of sp³-hybridized carbons (Fsp3) is 0.176. The molecule has 0 aliphatic heterocycles. The van der Waals surface area contributed by atoms with Crippen molar-refractivity contribution in [3.63, 3.8) is 0 Å². The summed E-state index contributed by atoms with van der Waals surface area (Å²) >= 11 is 5.20. The van der Waals surface area contributed by atoms with E-state index in [2.05, 4.69) is 15.8 Å². The quantitative estimate of drug-likeness (QED) is 0.501. The van der Waals surface area contributed by atoms with Crippen LogP contribution in [0.1, 0.15) is 11.1 Å². The fourth-order valence-corrected chi connectivity index (χ4v) is 2.05. The molecule has 120 valence electrons. The summed E-state index contributed by atoms with van der Waals surface area (Å²) in [4.78, 5) is 0. The number of rotatable bonds is 5. The summed E-state index contributed by atoms with van der Waals surface area (Å²) in [7, 11) is 3.21. The van der Waals surface area contributed by atoms with E-state index in [4.69, 9.17) is 21.7 Å². The van der Waals surface area contributed by atoms with Crippen molar-refractivity contribution in [3.05, 3.63) is 53.6 Å². The summed E-state index contributed by atoms with van der Waals surface area (Å²) in [6.07, 6.45) is 1.64. The molecule has 0 heterocycles. The standard InChI is InChI=1S/C17H19N3O2S/c1-12-4-7-14(8-5-12)19-17(23)20-18-11-13-6-9-15(21-2)10-16(13)22-3/h4-11H,1-3H3,(H2,19,20,23)/b18-11-. The second kappa shape index (κ2) is 8.14. The molecule has 0 aromatic heterocycles. The van der Waals surface area contributed by atoms with Gasteiger partial charge in [-0.25, -0.2) is 0 Å². The maximum absolute atomic E-state index is 5.30. The van der Waals surface area contributed by atoms with Crippen molar-refractivity contribution in [2.75, 3.05) is 19.5 Å². The van der Waals surface area contributed by atoms with Gasteiger partial charge in [-0.1, -0.05) is 17.7 Å². The molecular formula is C17H19N3O2S. The van der Waals surface area contributed by atoms with Gasteiger partial charge in [-0.3, -0.25) is 5.43 Å². The van der Waals surface area contributed by atoms with Crippen LogP contribution >= 0.6 is 12.2 Å². The van der Waals surface area contributed by atoms with Crippen LogP contribution in [-0.4, -0.2) is 25.5 Å². The van der Waals surface area contributed by atoms with Crippen molar-refractivity contribution in [1.29, 1.82) is 0 Å². The van der Waals surface area contributed by atoms with E-state index in [9.17, 15) is 0 Å². The summed E-state index contributed by atoms with van der Waals surface area (Å²) in [6, 6.07) is 13.4. The van der Waals surface area contributed by atoms with Crippen molar-refractivity contribution in [2.45, 2.75) is 6.92 Å². The number of aryl methyl sites for hydroxylation is 1. The minimum absolute atomic E-state index is 0.414. The number of methoxy groups -OCH3 is 2. The van der Waals surface area contributed by atoms with Gasteiger partial charge in [0.05, 0.1) is 20.4 Å². The van der Waals surface area contributed by atoms with E-state index in [0.29, 0.717) is 10.9 Å². The van der Waals surface area contributed by atoms with E-state index in [1.54, 1.807) is 26.5 Å². The van der Waals surface area contributed by atoms with E-state index in [-0.39, 0.29) is 0 Å². The summed E-state index contributed by atoms with van der Waals surface area (Å²) in [6.45, 7) is 2.03. The van der Waals surface area contributed by atoms with E-state index in [0.717, 1.165) is 17.0 Å². The van der Waals surface area contributed by atoms with E-state index >= 15 is 0 Å². The molecule has 0 unspecified atom stereocenters. The van der Waals surface area contributed by atoms with Gasteiger partial charge in [-0.05, 0) is 43.4 Å². The van der Waals surface area contributed by atoms with Crippen molar-refractivity contribution in [2.24, 2.45) is 5.10 Å². The largest absolute Gasteiger partial charge is 0.497 e. The molecule has 0 saturated heterocycles. The molecular weight excluding hydrogens is 310 g/mol. The first-order valence-corrected chi connectivity index (χ1v) is 7.42. The molecule has 2 N–H and O–H groups in total. The highest BCUT2D eigenvalue weighted by atomic mass is 32.1. The molecule has 0 atom stereocenters. The Morgan fingerprint density at radius 3 is 2.48 bits per heavy atom. The lowest BCUT2D eigenvalue weighted by molar-refractivity contribution is 0.394. The highest BCUT2D eigenvalue weighted by Crippen LogP contribution is 2.22. The summed E-state index contributed by atoms with van der Waals surface area (Å²) < 4.78 is 10.5. The second-order valence-electron chi connectivity index (χ2n) is 4.80. The smallest absolute Gasteiger partial charge is 0.191 e. The van der Waals surface area contributed by atoms with Crippen LogP contribution in [0.5, 0.6) is 11.5 Å². The Bertz CT molecular complexity index is 699. The van der Waals surface area contributed by atoms with Crippen LogP contribution < -0.4 is 20.2 Å². The van der Waals surface area contributed by atoms with Gasteiger partial charge >= 0.3 is 0 Å². The maximum Gasteiger partial charge on any atom is 0.191 e. The molecule has 0 spiro atoms. The van der Waals surface area contributed by atoms with Crippen LogP contribution in [0.4, 0.5) is 5.69 Å². The number of hydrogen-bond acceptors (Lipinski definition) is 4. The third-order valence-electron chi connectivity index (χ3n) is 3.12. The van der Waals surface area contributed by atoms with Gasteiger partial charge in [-0.2, -0.15) is 5.10 Å². The first kappa shape index (κ1) is 16.8. The third-order valence-corrected chi connectivity index (χ3v) is 3.31. The monoisotopic (exact) mass is 329 g/mol. The molecule has 5 nitrogen and oxygen atoms in total. The van der Waals surface area contributed by atoms with Crippen molar-refractivity contribution < 1.29 is 9.47 Å². The first-order chi connectivity index (χ1) is 11.1. The number of benzene rings is 2. The zero-order chi connectivity index (χ0) is 16.7. The van der Waals surface area contributed by atoms with Gasteiger partial charge in [0, 0.05) is 17.3 Å². The molecule has 0 aliphatic rings. The normalized spacial score (nSPS) is 10.4. The van der Waals surface area contributed by atoms with Crippen molar-refractivity contribution in [3.8, 4) is 11.5 Å². The number of hydrazone groups is 1. The van der Waals surface area contributed by atoms with Gasteiger partial charge in [0.15, 0.2) is 5.11 Å². The van der Waals surface area contributed by atoms with Crippen LogP contribution in [0.2, 0.25) is 0 Å². The van der Waals surface area contributed by atoms with Gasteiger partial charge in [0.25, 0.3) is 0 Å². The second-order valence-corrected chi connectivity index (χ2v) is 5.21. The van der Waals surface area contributed by atoms with E-state index < -0.39 is 0 Å². The van der Waals surface area contributed by atoms with Gasteiger partial charge in [0.2, 0.25) is 0 Å². The molecule has 0 fully saturated rings. The molecule has 0 aliphatic carbocycles. The molecule has 0 radical (unpaired) electrons. The highest BCUT2D eigenvalue weighted by molar-refractivity contribution is 7.80. The number of thiocarbonyl (C=S) groups is 1. The van der Waals surface area contributed by atoms with Crippen LogP contribution in [0.15, 0.2) is 47.6 Å². The zero-order valence-electron chi connectivity index (χ0n) is 13.3. The SMILES string of the molecule is COc1ccc(/C=N\NC(=S)Nc2ccc(C)cc2)c(OC)c1. The molecule has 2 rings (SSSR count). The van der Waals surface area contributed by atoms with Crippen molar-refractivity contribution >= 4 is 29.2 Å². The number of nitrogens with one attached hydrogen (secondary N) is 2. The van der Waals surface area contributed by atoms with Crippen LogP contribution in [0.25, 0.3) is 0 Å². The van der Waals surface area contributed by atoms with Gasteiger partial charge in [0.1, 0.15) is 11.5 Å². The minimum Gasteiger partial charge on any atom is -0.497 e. The highest BCUT2D eigenvalue weighted by Gasteiger charge is 2.02. The molecule has 0 saturated carbocycles. The van der Waals surface area contributed by atoms with Gasteiger partial charge < -0.3 is 14.8 Å². The van der Waals surface area contributed by atoms with Crippen molar-refractivity contribution in [1.82, 2.24) is 5.43 Å². The lowest BCUT2D eigenvalue weighted by Gasteiger charge is -2.08. The topological polar surface area (TPSA) is 54.9 Å². The van der Waals surface area contributed by atoms with E-state index in [1.807, 2.05) is 43.3 Å². The first-order valence-electron chi connectivity index (χ1n) is 7.01. The Kier molecular flexibility index (Phi) is 5.94. The molecule has 2 aromatic carbocycles. The molecule has 2 aromatic rings. The lowest BCUT2D eigenvalue weighted by atomic mass is 10.2. The Balaban J connectivity index is 1.95. The van der Waals surface area contributed by atoms with Crippen LogP contribution in [0, 0.1) is 6.92 Å². The predicted octanol–water partition coefficient (Wildman–Crippen LogP) is 3.33.